The summed E-state index contributed by atoms with van der Waals surface area (Å²) in [6.45, 7) is 8.02. The van der Waals surface area contributed by atoms with Crippen LogP contribution in [0.2, 0.25) is 0 Å². The Morgan fingerprint density at radius 3 is 2.78 bits per heavy atom. The average Bonchev–Trinajstić information content (AvgIpc) is 3.19. The van der Waals surface area contributed by atoms with Crippen molar-refractivity contribution in [2.45, 2.75) is 58.2 Å². The van der Waals surface area contributed by atoms with Crippen molar-refractivity contribution in [2.24, 2.45) is 0 Å². The lowest BCUT2D eigenvalue weighted by Crippen LogP contribution is -2.39. The molecule has 0 atom stereocenters. The van der Waals surface area contributed by atoms with Crippen LogP contribution in [0.1, 0.15) is 49.8 Å². The van der Waals surface area contributed by atoms with Crippen molar-refractivity contribution in [3.8, 4) is 6.07 Å². The fourth-order valence-electron chi connectivity index (χ4n) is 2.25. The topological polar surface area (TPSA) is 65.4 Å². The van der Waals surface area contributed by atoms with Gasteiger partial charge in [0.15, 0.2) is 0 Å². The van der Waals surface area contributed by atoms with Gasteiger partial charge >= 0.3 is 6.09 Å². The van der Waals surface area contributed by atoms with Crippen LogP contribution in [0.4, 0.5) is 4.79 Å². The third-order valence-corrected chi connectivity index (χ3v) is 4.43. The van der Waals surface area contributed by atoms with Gasteiger partial charge in [-0.15, -0.1) is 11.3 Å². The van der Waals surface area contributed by atoms with E-state index in [0.29, 0.717) is 6.04 Å². The molecule has 1 aromatic heterocycles. The third kappa shape index (κ3) is 6.20. The molecule has 1 aliphatic rings. The van der Waals surface area contributed by atoms with Gasteiger partial charge in [0.2, 0.25) is 0 Å². The van der Waals surface area contributed by atoms with Crippen LogP contribution >= 0.6 is 11.3 Å². The Morgan fingerprint density at radius 1 is 1.48 bits per heavy atom. The molecule has 5 nitrogen and oxygen atoms in total. The molecule has 1 heterocycles. The number of carbonyl (C=O) groups is 1. The molecule has 1 aliphatic carbocycles. The van der Waals surface area contributed by atoms with E-state index in [1.54, 1.807) is 0 Å². The van der Waals surface area contributed by atoms with Gasteiger partial charge in [-0.1, -0.05) is 0 Å². The predicted octanol–water partition coefficient (Wildman–Crippen LogP) is 3.50. The van der Waals surface area contributed by atoms with Crippen LogP contribution in [0.5, 0.6) is 0 Å². The lowest BCUT2D eigenvalue weighted by atomic mass is 10.2. The molecule has 1 fully saturated rings. The molecule has 0 unspecified atom stereocenters. The minimum absolute atomic E-state index is 0.197. The van der Waals surface area contributed by atoms with E-state index in [1.807, 2.05) is 37.8 Å². The Morgan fingerprint density at radius 2 is 2.22 bits per heavy atom. The predicted molar refractivity (Wildman–Crippen MR) is 91.3 cm³/mol. The summed E-state index contributed by atoms with van der Waals surface area (Å²) in [5, 5.41) is 12.2. The molecule has 2 rings (SSSR count). The molecule has 6 heteroatoms. The van der Waals surface area contributed by atoms with Gasteiger partial charge in [-0.05, 0) is 58.7 Å². The Kier molecular flexibility index (Phi) is 6.03. The normalized spacial score (nSPS) is 14.3. The van der Waals surface area contributed by atoms with E-state index in [-0.39, 0.29) is 6.09 Å². The highest BCUT2D eigenvalue weighted by Gasteiger charge is 2.34. The summed E-state index contributed by atoms with van der Waals surface area (Å²) in [4.78, 5) is 16.0. The van der Waals surface area contributed by atoms with Crippen LogP contribution in [0.15, 0.2) is 12.1 Å². The van der Waals surface area contributed by atoms with E-state index in [4.69, 9.17) is 10.00 Å². The van der Waals surface area contributed by atoms with E-state index < -0.39 is 5.60 Å². The summed E-state index contributed by atoms with van der Waals surface area (Å²) in [5.41, 5.74) is -0.444. The molecule has 0 saturated heterocycles. The molecule has 0 aromatic carbocycles. The number of hydrogen-bond acceptors (Lipinski definition) is 5. The van der Waals surface area contributed by atoms with Crippen LogP contribution < -0.4 is 5.32 Å². The molecule has 1 amide bonds. The number of hydrogen-bond donors (Lipinski definition) is 1. The van der Waals surface area contributed by atoms with Crippen molar-refractivity contribution < 1.29 is 9.53 Å². The molecule has 0 radical (unpaired) electrons. The van der Waals surface area contributed by atoms with Crippen LogP contribution in [-0.2, 0) is 11.3 Å². The van der Waals surface area contributed by atoms with E-state index >= 15 is 0 Å². The van der Waals surface area contributed by atoms with Gasteiger partial charge in [0, 0.05) is 24.0 Å². The molecular weight excluding hydrogens is 310 g/mol. The first-order valence-corrected chi connectivity index (χ1v) is 8.90. The maximum atomic E-state index is 12.2. The summed E-state index contributed by atoms with van der Waals surface area (Å²) >= 11 is 1.52. The van der Waals surface area contributed by atoms with Gasteiger partial charge in [0.25, 0.3) is 0 Å². The molecule has 0 spiro atoms. The minimum Gasteiger partial charge on any atom is -0.444 e. The van der Waals surface area contributed by atoms with Gasteiger partial charge in [-0.25, -0.2) is 4.79 Å². The quantitative estimate of drug-likeness (QED) is 0.775. The van der Waals surface area contributed by atoms with Crippen molar-refractivity contribution >= 4 is 17.4 Å². The van der Waals surface area contributed by atoms with Crippen LogP contribution in [0.3, 0.4) is 0 Å². The summed E-state index contributed by atoms with van der Waals surface area (Å²) in [5.74, 6) is 0. The summed E-state index contributed by atoms with van der Waals surface area (Å²) < 4.78 is 5.48. The molecule has 23 heavy (non-hydrogen) atoms. The average molecular weight is 335 g/mol. The first-order valence-electron chi connectivity index (χ1n) is 8.08. The summed E-state index contributed by atoms with van der Waals surface area (Å²) in [6.07, 6.45) is 2.86. The first kappa shape index (κ1) is 17.8. The van der Waals surface area contributed by atoms with Crippen LogP contribution in [0, 0.1) is 11.3 Å². The Labute approximate surface area is 142 Å². The van der Waals surface area contributed by atoms with Gasteiger partial charge in [-0.2, -0.15) is 5.26 Å². The molecule has 1 aromatic rings. The number of amides is 1. The second-order valence-electron chi connectivity index (χ2n) is 6.81. The van der Waals surface area contributed by atoms with Crippen molar-refractivity contribution in [2.75, 3.05) is 13.1 Å². The van der Waals surface area contributed by atoms with Gasteiger partial charge in [0.1, 0.15) is 16.5 Å². The highest BCUT2D eigenvalue weighted by Crippen LogP contribution is 2.28. The smallest absolute Gasteiger partial charge is 0.410 e. The van der Waals surface area contributed by atoms with Crippen molar-refractivity contribution in [1.29, 1.82) is 5.26 Å². The lowest BCUT2D eigenvalue weighted by molar-refractivity contribution is 0.0232. The van der Waals surface area contributed by atoms with E-state index in [1.165, 1.54) is 11.3 Å². The number of nitrogens with zero attached hydrogens (tertiary/aromatic N) is 2. The van der Waals surface area contributed by atoms with Crippen LogP contribution in [-0.4, -0.2) is 35.7 Å². The SMILES string of the molecule is CC(C)(C)OC(=O)N(CCCNCc1ccc(C#N)s1)C1CC1. The number of nitriles is 1. The summed E-state index contributed by atoms with van der Waals surface area (Å²) in [6, 6.07) is 6.33. The van der Waals surface area contributed by atoms with Crippen LogP contribution in [0.25, 0.3) is 0 Å². The highest BCUT2D eigenvalue weighted by atomic mass is 32.1. The largest absolute Gasteiger partial charge is 0.444 e. The highest BCUT2D eigenvalue weighted by molar-refractivity contribution is 7.12. The Balaban J connectivity index is 1.68. The number of rotatable bonds is 7. The van der Waals surface area contributed by atoms with Crippen molar-refractivity contribution in [3.05, 3.63) is 21.9 Å². The zero-order valence-electron chi connectivity index (χ0n) is 14.1. The van der Waals surface area contributed by atoms with Crippen molar-refractivity contribution in [1.82, 2.24) is 10.2 Å². The van der Waals surface area contributed by atoms with Gasteiger partial charge in [0.05, 0.1) is 0 Å². The van der Waals surface area contributed by atoms with E-state index in [2.05, 4.69) is 11.4 Å². The second-order valence-corrected chi connectivity index (χ2v) is 7.98. The molecule has 0 bridgehead atoms. The third-order valence-electron chi connectivity index (χ3n) is 3.44. The van der Waals surface area contributed by atoms with E-state index in [9.17, 15) is 4.79 Å². The molecule has 1 N–H and O–H groups in total. The first-order chi connectivity index (χ1) is 10.9. The number of ether oxygens (including phenoxy) is 1. The number of carbonyl (C=O) groups excluding carboxylic acids is 1. The molecule has 0 aliphatic heterocycles. The van der Waals surface area contributed by atoms with Gasteiger partial charge < -0.3 is 15.0 Å². The fourth-order valence-corrected chi connectivity index (χ4v) is 3.02. The maximum Gasteiger partial charge on any atom is 0.410 e. The fraction of sp³-hybridized carbons (Fsp3) is 0.647. The Bertz CT molecular complexity index is 567. The molecule has 126 valence electrons. The molecule has 1 saturated carbocycles. The summed E-state index contributed by atoms with van der Waals surface area (Å²) in [7, 11) is 0. The zero-order chi connectivity index (χ0) is 16.9. The Hall–Kier alpha value is -1.58. The molecular formula is C17H25N3O2S. The monoisotopic (exact) mass is 335 g/mol. The zero-order valence-corrected chi connectivity index (χ0v) is 14.9. The minimum atomic E-state index is -0.444. The number of thiophene rings is 1. The second kappa shape index (κ2) is 7.80. The number of nitrogens with one attached hydrogen (secondary N) is 1. The van der Waals surface area contributed by atoms with E-state index in [0.717, 1.165) is 48.7 Å². The maximum absolute atomic E-state index is 12.2. The lowest BCUT2D eigenvalue weighted by Gasteiger charge is -2.27. The van der Waals surface area contributed by atoms with Crippen molar-refractivity contribution in [3.63, 3.8) is 0 Å². The standard InChI is InChI=1S/C17H25N3O2S/c1-17(2,3)22-16(21)20(13-5-6-13)10-4-9-19-12-15-8-7-14(11-18)23-15/h7-8,13,19H,4-6,9-10,12H2,1-3H3. The van der Waals surface area contributed by atoms with Gasteiger partial charge in [-0.3, -0.25) is 0 Å².